The van der Waals surface area contributed by atoms with Crippen LogP contribution in [-0.2, 0) is 4.74 Å². The Morgan fingerprint density at radius 1 is 0.962 bits per heavy atom. The van der Waals surface area contributed by atoms with Crippen molar-refractivity contribution < 1.29 is 27.0 Å². The van der Waals surface area contributed by atoms with Crippen LogP contribution in [0, 0.1) is 23.3 Å². The van der Waals surface area contributed by atoms with E-state index in [0.717, 1.165) is 5.57 Å². The van der Waals surface area contributed by atoms with Crippen LogP contribution in [0.4, 0.5) is 17.6 Å². The van der Waals surface area contributed by atoms with Crippen molar-refractivity contribution in [2.24, 2.45) is 0 Å². The maximum Gasteiger partial charge on any atom is 0.201 e. The number of hydrogen-bond acceptors (Lipinski definition) is 2. The molecule has 1 aliphatic heterocycles. The van der Waals surface area contributed by atoms with Crippen LogP contribution in [0.2, 0.25) is 0 Å². The molecule has 0 aliphatic carbocycles. The zero-order valence-electron chi connectivity index (χ0n) is 14.4. The molecule has 0 amide bonds. The largest absolute Gasteiger partial charge is 0.491 e. The van der Waals surface area contributed by atoms with Crippen LogP contribution in [-0.4, -0.2) is 13.2 Å². The van der Waals surface area contributed by atoms with Gasteiger partial charge in [0.25, 0.3) is 0 Å². The first-order valence-corrected chi connectivity index (χ1v) is 8.30. The fraction of sp³-hybridized carbons (Fsp3) is 0.300. The molecule has 1 aliphatic rings. The summed E-state index contributed by atoms with van der Waals surface area (Å²) in [7, 11) is 0. The summed E-state index contributed by atoms with van der Waals surface area (Å²) in [6.45, 7) is 4.01. The van der Waals surface area contributed by atoms with Crippen LogP contribution in [0.5, 0.6) is 5.75 Å². The van der Waals surface area contributed by atoms with Crippen molar-refractivity contribution in [1.29, 1.82) is 0 Å². The quantitative estimate of drug-likeness (QED) is 0.509. The van der Waals surface area contributed by atoms with Gasteiger partial charge in [0.05, 0.1) is 19.3 Å². The van der Waals surface area contributed by atoms with Crippen molar-refractivity contribution in [3.05, 3.63) is 64.7 Å². The topological polar surface area (TPSA) is 18.5 Å². The minimum absolute atomic E-state index is 0.0572. The lowest BCUT2D eigenvalue weighted by Crippen LogP contribution is -2.13. The van der Waals surface area contributed by atoms with Gasteiger partial charge in [0.15, 0.2) is 23.2 Å². The Hall–Kier alpha value is -2.34. The van der Waals surface area contributed by atoms with Gasteiger partial charge in [0.2, 0.25) is 5.82 Å². The summed E-state index contributed by atoms with van der Waals surface area (Å²) in [5.41, 5.74) is 0.356. The molecule has 1 unspecified atom stereocenters. The third kappa shape index (κ3) is 3.33. The zero-order chi connectivity index (χ0) is 18.8. The van der Waals surface area contributed by atoms with Gasteiger partial charge in [0.1, 0.15) is 0 Å². The Balaban J connectivity index is 2.00. The lowest BCUT2D eigenvalue weighted by Gasteiger charge is -2.23. The van der Waals surface area contributed by atoms with Gasteiger partial charge >= 0.3 is 0 Å². The molecule has 6 heteroatoms. The Bertz CT molecular complexity index is 861. The van der Waals surface area contributed by atoms with Gasteiger partial charge in [-0.3, -0.25) is 0 Å². The second kappa shape index (κ2) is 7.50. The SMILES string of the molecule is CCOc1ccc(-c2ccc(C3CC=C(C)CO3)c(F)c2F)c(F)c1F. The van der Waals surface area contributed by atoms with E-state index < -0.39 is 29.4 Å². The molecule has 0 radical (unpaired) electrons. The van der Waals surface area contributed by atoms with Gasteiger partial charge < -0.3 is 9.47 Å². The number of rotatable bonds is 4. The van der Waals surface area contributed by atoms with E-state index in [4.69, 9.17) is 9.47 Å². The first-order valence-electron chi connectivity index (χ1n) is 8.30. The third-order valence-corrected chi connectivity index (χ3v) is 4.29. The molecule has 3 rings (SSSR count). The van der Waals surface area contributed by atoms with E-state index in [1.165, 1.54) is 24.3 Å². The molecule has 0 N–H and O–H groups in total. The Labute approximate surface area is 149 Å². The number of hydrogen-bond donors (Lipinski definition) is 0. The molecule has 138 valence electrons. The van der Waals surface area contributed by atoms with Crippen LogP contribution < -0.4 is 4.74 Å². The minimum Gasteiger partial charge on any atom is -0.491 e. The highest BCUT2D eigenvalue weighted by Crippen LogP contribution is 2.36. The molecule has 1 atom stereocenters. The standard InChI is InChI=1S/C20H18F4O2/c1-3-25-16-9-7-13(18(22)20(16)24)12-5-6-14(19(23)17(12)21)15-8-4-11(2)10-26-15/h4-7,9,15H,3,8,10H2,1-2H3. The predicted molar refractivity (Wildman–Crippen MR) is 89.9 cm³/mol. The molecular formula is C20H18F4O2. The van der Waals surface area contributed by atoms with Gasteiger partial charge in [-0.2, -0.15) is 4.39 Å². The van der Waals surface area contributed by atoms with Crippen molar-refractivity contribution in [3.8, 4) is 16.9 Å². The van der Waals surface area contributed by atoms with Crippen molar-refractivity contribution >= 4 is 0 Å². The summed E-state index contributed by atoms with van der Waals surface area (Å²) in [6, 6.07) is 4.95. The van der Waals surface area contributed by atoms with E-state index in [1.807, 2.05) is 13.0 Å². The van der Waals surface area contributed by atoms with Crippen LogP contribution >= 0.6 is 0 Å². The number of halogens is 4. The predicted octanol–water partition coefficient (Wildman–Crippen LogP) is 5.72. The molecule has 0 saturated heterocycles. The van der Waals surface area contributed by atoms with Gasteiger partial charge in [-0.05, 0) is 32.4 Å². The molecular weight excluding hydrogens is 348 g/mol. The molecule has 2 aromatic rings. The average Bonchev–Trinajstić information content (AvgIpc) is 2.63. The fourth-order valence-corrected chi connectivity index (χ4v) is 2.91. The molecule has 1 heterocycles. The monoisotopic (exact) mass is 366 g/mol. The highest BCUT2D eigenvalue weighted by atomic mass is 19.2. The number of ether oxygens (including phenoxy) is 2. The van der Waals surface area contributed by atoms with Crippen molar-refractivity contribution in [3.63, 3.8) is 0 Å². The van der Waals surface area contributed by atoms with E-state index in [0.29, 0.717) is 13.0 Å². The second-order valence-electron chi connectivity index (χ2n) is 6.09. The normalized spacial score (nSPS) is 17.2. The van der Waals surface area contributed by atoms with E-state index >= 15 is 0 Å². The summed E-state index contributed by atoms with van der Waals surface area (Å²) >= 11 is 0. The van der Waals surface area contributed by atoms with Crippen LogP contribution in [0.25, 0.3) is 11.1 Å². The van der Waals surface area contributed by atoms with Crippen LogP contribution in [0.15, 0.2) is 35.9 Å². The zero-order valence-corrected chi connectivity index (χ0v) is 14.4. The van der Waals surface area contributed by atoms with Gasteiger partial charge in [-0.1, -0.05) is 23.8 Å². The summed E-state index contributed by atoms with van der Waals surface area (Å²) in [5.74, 6) is -5.14. The summed E-state index contributed by atoms with van der Waals surface area (Å²) in [4.78, 5) is 0. The van der Waals surface area contributed by atoms with Crippen LogP contribution in [0.3, 0.4) is 0 Å². The van der Waals surface area contributed by atoms with E-state index in [2.05, 4.69) is 0 Å². The van der Waals surface area contributed by atoms with Crippen molar-refractivity contribution in [1.82, 2.24) is 0 Å². The summed E-state index contributed by atoms with van der Waals surface area (Å²) in [6.07, 6.45) is 1.72. The lowest BCUT2D eigenvalue weighted by molar-refractivity contribution is 0.0586. The molecule has 0 fully saturated rings. The maximum atomic E-state index is 14.6. The molecule has 0 saturated carbocycles. The first-order chi connectivity index (χ1) is 12.4. The fourth-order valence-electron chi connectivity index (χ4n) is 2.91. The Morgan fingerprint density at radius 2 is 1.62 bits per heavy atom. The lowest BCUT2D eigenvalue weighted by atomic mass is 9.97. The highest BCUT2D eigenvalue weighted by molar-refractivity contribution is 5.66. The summed E-state index contributed by atoms with van der Waals surface area (Å²) in [5, 5.41) is 0. The summed E-state index contributed by atoms with van der Waals surface area (Å²) < 4.78 is 67.9. The molecule has 26 heavy (non-hydrogen) atoms. The Morgan fingerprint density at radius 3 is 2.23 bits per heavy atom. The average molecular weight is 366 g/mol. The molecule has 0 aromatic heterocycles. The molecule has 2 aromatic carbocycles. The van der Waals surface area contributed by atoms with Gasteiger partial charge in [-0.15, -0.1) is 0 Å². The molecule has 0 spiro atoms. The van der Waals surface area contributed by atoms with E-state index in [9.17, 15) is 17.6 Å². The van der Waals surface area contributed by atoms with Gasteiger partial charge in [0, 0.05) is 16.7 Å². The van der Waals surface area contributed by atoms with E-state index in [-0.39, 0.29) is 29.0 Å². The van der Waals surface area contributed by atoms with Crippen molar-refractivity contribution in [2.45, 2.75) is 26.4 Å². The van der Waals surface area contributed by atoms with Crippen molar-refractivity contribution in [2.75, 3.05) is 13.2 Å². The highest BCUT2D eigenvalue weighted by Gasteiger charge is 2.25. The first kappa shape index (κ1) is 18.5. The van der Waals surface area contributed by atoms with Gasteiger partial charge in [-0.25, -0.2) is 13.2 Å². The van der Waals surface area contributed by atoms with Crippen LogP contribution in [0.1, 0.15) is 31.9 Å². The van der Waals surface area contributed by atoms with E-state index in [1.54, 1.807) is 6.92 Å². The maximum absolute atomic E-state index is 14.6. The second-order valence-corrected chi connectivity index (χ2v) is 6.09. The Kier molecular flexibility index (Phi) is 5.32. The third-order valence-electron chi connectivity index (χ3n) is 4.29. The minimum atomic E-state index is -1.28. The smallest absolute Gasteiger partial charge is 0.201 e. The molecule has 2 nitrogen and oxygen atoms in total. The molecule has 0 bridgehead atoms. The number of benzene rings is 2.